The molecule has 0 unspecified atom stereocenters. The van der Waals surface area contributed by atoms with Crippen LogP contribution in [0.15, 0.2) is 29.0 Å². The summed E-state index contributed by atoms with van der Waals surface area (Å²) in [5, 5.41) is 7.86. The molecule has 0 aliphatic heterocycles. The molecule has 96 valence electrons. The van der Waals surface area contributed by atoms with Crippen molar-refractivity contribution in [2.45, 2.75) is 26.4 Å². The minimum atomic E-state index is 0.265. The van der Waals surface area contributed by atoms with Crippen LogP contribution in [0.4, 0.5) is 0 Å². The molecule has 1 atom stereocenters. The number of aromatic nitrogens is 3. The number of nitrogens with zero attached hydrogens (tertiary/aromatic N) is 3. The first kappa shape index (κ1) is 13.2. The van der Waals surface area contributed by atoms with Crippen molar-refractivity contribution in [1.82, 2.24) is 20.1 Å². The summed E-state index contributed by atoms with van der Waals surface area (Å²) >= 11 is 3.57. The molecule has 2 aromatic rings. The van der Waals surface area contributed by atoms with Crippen LogP contribution in [0.25, 0.3) is 0 Å². The van der Waals surface area contributed by atoms with Crippen molar-refractivity contribution in [3.63, 3.8) is 0 Å². The summed E-state index contributed by atoms with van der Waals surface area (Å²) in [7, 11) is 1.96. The topological polar surface area (TPSA) is 42.7 Å². The van der Waals surface area contributed by atoms with E-state index in [4.69, 9.17) is 0 Å². The van der Waals surface area contributed by atoms with Gasteiger partial charge in [0.2, 0.25) is 0 Å². The Morgan fingerprint density at radius 3 is 2.83 bits per heavy atom. The van der Waals surface area contributed by atoms with E-state index in [1.165, 1.54) is 5.56 Å². The molecule has 0 aliphatic carbocycles. The zero-order valence-electron chi connectivity index (χ0n) is 10.8. The zero-order chi connectivity index (χ0) is 13.1. The predicted octanol–water partition coefficient (Wildman–Crippen LogP) is 2.74. The first-order valence-electron chi connectivity index (χ1n) is 5.91. The highest BCUT2D eigenvalue weighted by molar-refractivity contribution is 9.10. The van der Waals surface area contributed by atoms with Gasteiger partial charge in [0.25, 0.3) is 0 Å². The fraction of sp³-hybridized carbons (Fsp3) is 0.385. The molecule has 1 N–H and O–H groups in total. The van der Waals surface area contributed by atoms with E-state index < -0.39 is 0 Å². The Morgan fingerprint density at radius 2 is 2.28 bits per heavy atom. The second-order valence-electron chi connectivity index (χ2n) is 4.36. The molecule has 2 aromatic heterocycles. The van der Waals surface area contributed by atoms with Crippen molar-refractivity contribution >= 4 is 15.9 Å². The summed E-state index contributed by atoms with van der Waals surface area (Å²) in [5.41, 5.74) is 3.36. The van der Waals surface area contributed by atoms with Gasteiger partial charge in [0, 0.05) is 32.0 Å². The van der Waals surface area contributed by atoms with E-state index in [0.717, 1.165) is 22.4 Å². The molecule has 0 fully saturated rings. The highest BCUT2D eigenvalue weighted by Gasteiger charge is 2.12. The second kappa shape index (κ2) is 5.63. The molecule has 18 heavy (non-hydrogen) atoms. The first-order valence-corrected chi connectivity index (χ1v) is 6.70. The maximum Gasteiger partial charge on any atom is 0.0739 e. The lowest BCUT2D eigenvalue weighted by molar-refractivity contribution is 0.545. The van der Waals surface area contributed by atoms with Crippen LogP contribution in [-0.2, 0) is 13.6 Å². The van der Waals surface area contributed by atoms with Crippen molar-refractivity contribution < 1.29 is 0 Å². The summed E-state index contributed by atoms with van der Waals surface area (Å²) in [4.78, 5) is 4.13. The van der Waals surface area contributed by atoms with Crippen LogP contribution in [-0.4, -0.2) is 14.8 Å². The number of nitrogens with one attached hydrogen (secondary N) is 1. The zero-order valence-corrected chi connectivity index (χ0v) is 12.4. The fourth-order valence-corrected chi connectivity index (χ4v) is 2.35. The SMILES string of the molecule is Cc1nn(C)c(CN[C@@H](C)c2cccnc2)c1Br. The summed E-state index contributed by atoms with van der Waals surface area (Å²) in [6.07, 6.45) is 3.68. The monoisotopic (exact) mass is 308 g/mol. The maximum absolute atomic E-state index is 4.38. The quantitative estimate of drug-likeness (QED) is 0.944. The highest BCUT2D eigenvalue weighted by Crippen LogP contribution is 2.21. The van der Waals surface area contributed by atoms with Crippen molar-refractivity contribution in [2.24, 2.45) is 7.05 Å². The standard InChI is InChI=1S/C13H17BrN4/c1-9(11-5-4-6-15-7-11)16-8-12-13(14)10(2)17-18(12)3/h4-7,9,16H,8H2,1-3H3/t9-/m0/s1. The molecule has 0 spiro atoms. The Bertz CT molecular complexity index is 521. The Kier molecular flexibility index (Phi) is 4.14. The normalized spacial score (nSPS) is 12.7. The largest absolute Gasteiger partial charge is 0.304 e. The third-order valence-corrected chi connectivity index (χ3v) is 4.05. The van der Waals surface area contributed by atoms with Gasteiger partial charge in [0.15, 0.2) is 0 Å². The summed E-state index contributed by atoms with van der Waals surface area (Å²) in [6.45, 7) is 4.90. The van der Waals surface area contributed by atoms with Crippen LogP contribution >= 0.6 is 15.9 Å². The second-order valence-corrected chi connectivity index (χ2v) is 5.15. The lowest BCUT2D eigenvalue weighted by atomic mass is 10.1. The van der Waals surface area contributed by atoms with Crippen molar-refractivity contribution in [3.8, 4) is 0 Å². The van der Waals surface area contributed by atoms with Gasteiger partial charge in [-0.3, -0.25) is 9.67 Å². The van der Waals surface area contributed by atoms with E-state index in [1.807, 2.05) is 30.9 Å². The number of halogens is 1. The Hall–Kier alpha value is -1.20. The Balaban J connectivity index is 2.04. The number of rotatable bonds is 4. The van der Waals surface area contributed by atoms with E-state index >= 15 is 0 Å². The van der Waals surface area contributed by atoms with Gasteiger partial charge in [-0.25, -0.2) is 0 Å². The van der Waals surface area contributed by atoms with Gasteiger partial charge in [-0.1, -0.05) is 6.07 Å². The Morgan fingerprint density at radius 1 is 1.50 bits per heavy atom. The van der Waals surface area contributed by atoms with E-state index in [9.17, 15) is 0 Å². The minimum Gasteiger partial charge on any atom is -0.304 e. The number of aryl methyl sites for hydroxylation is 2. The molecule has 0 saturated heterocycles. The Labute approximate surface area is 116 Å². The molecule has 4 nitrogen and oxygen atoms in total. The van der Waals surface area contributed by atoms with E-state index in [0.29, 0.717) is 0 Å². The van der Waals surface area contributed by atoms with E-state index in [-0.39, 0.29) is 6.04 Å². The molecule has 0 bridgehead atoms. The number of hydrogen-bond donors (Lipinski definition) is 1. The average molecular weight is 309 g/mol. The van der Waals surface area contributed by atoms with Crippen molar-refractivity contribution in [2.75, 3.05) is 0 Å². The van der Waals surface area contributed by atoms with Crippen LogP contribution in [0.3, 0.4) is 0 Å². The molecular weight excluding hydrogens is 292 g/mol. The molecule has 0 amide bonds. The van der Waals surface area contributed by atoms with E-state index in [2.05, 4.69) is 44.3 Å². The number of pyridine rings is 1. The molecule has 2 rings (SSSR count). The smallest absolute Gasteiger partial charge is 0.0739 e. The molecular formula is C13H17BrN4. The number of hydrogen-bond acceptors (Lipinski definition) is 3. The van der Waals surface area contributed by atoms with Crippen LogP contribution in [0.2, 0.25) is 0 Å². The summed E-state index contributed by atoms with van der Waals surface area (Å²) < 4.78 is 2.98. The van der Waals surface area contributed by atoms with Gasteiger partial charge >= 0.3 is 0 Å². The summed E-state index contributed by atoms with van der Waals surface area (Å²) in [5.74, 6) is 0. The molecule has 2 heterocycles. The van der Waals surface area contributed by atoms with Gasteiger partial charge in [0.1, 0.15) is 0 Å². The highest BCUT2D eigenvalue weighted by atomic mass is 79.9. The van der Waals surface area contributed by atoms with Crippen molar-refractivity contribution in [1.29, 1.82) is 0 Å². The minimum absolute atomic E-state index is 0.265. The lowest BCUT2D eigenvalue weighted by Crippen LogP contribution is -2.20. The van der Waals surface area contributed by atoms with Gasteiger partial charge in [0.05, 0.1) is 15.9 Å². The van der Waals surface area contributed by atoms with Crippen molar-refractivity contribution in [3.05, 3.63) is 46.0 Å². The molecule has 0 radical (unpaired) electrons. The van der Waals surface area contributed by atoms with Crippen LogP contribution < -0.4 is 5.32 Å². The van der Waals surface area contributed by atoms with E-state index in [1.54, 1.807) is 6.20 Å². The van der Waals surface area contributed by atoms with Gasteiger partial charge in [-0.15, -0.1) is 0 Å². The third kappa shape index (κ3) is 2.79. The predicted molar refractivity (Wildman–Crippen MR) is 75.1 cm³/mol. The van der Waals surface area contributed by atoms with Gasteiger partial charge in [-0.2, -0.15) is 5.10 Å². The molecule has 5 heteroatoms. The maximum atomic E-state index is 4.38. The molecule has 0 aromatic carbocycles. The average Bonchev–Trinajstić information content (AvgIpc) is 2.62. The van der Waals surface area contributed by atoms with Crippen LogP contribution in [0, 0.1) is 6.92 Å². The third-order valence-electron chi connectivity index (χ3n) is 3.02. The van der Waals surface area contributed by atoms with Gasteiger partial charge in [-0.05, 0) is 41.4 Å². The van der Waals surface area contributed by atoms with Gasteiger partial charge < -0.3 is 5.32 Å². The van der Waals surface area contributed by atoms with Crippen LogP contribution in [0.1, 0.15) is 29.9 Å². The lowest BCUT2D eigenvalue weighted by Gasteiger charge is -2.14. The summed E-state index contributed by atoms with van der Waals surface area (Å²) in [6, 6.07) is 4.30. The molecule has 0 aliphatic rings. The van der Waals surface area contributed by atoms with Crippen LogP contribution in [0.5, 0.6) is 0 Å². The first-order chi connectivity index (χ1) is 8.59. The molecule has 0 saturated carbocycles. The fourth-order valence-electron chi connectivity index (χ4n) is 1.87.